The first-order valence-electron chi connectivity index (χ1n) is 8.09. The van der Waals surface area contributed by atoms with Crippen molar-refractivity contribution >= 4 is 17.2 Å². The second kappa shape index (κ2) is 6.44. The maximum atomic E-state index is 12.1. The van der Waals surface area contributed by atoms with Gasteiger partial charge in [-0.1, -0.05) is 13.8 Å². The van der Waals surface area contributed by atoms with Crippen molar-refractivity contribution in [2.75, 3.05) is 26.2 Å². The molecule has 4 nitrogen and oxygen atoms in total. The van der Waals surface area contributed by atoms with Gasteiger partial charge in [-0.05, 0) is 25.2 Å². The minimum Gasteiger partial charge on any atom is -0.340 e. The minimum absolute atomic E-state index is 0.317. The fraction of sp³-hybridized carbons (Fsp3) is 0.750. The Balaban J connectivity index is 1.48. The second-order valence-corrected chi connectivity index (χ2v) is 7.75. The molecule has 0 atom stereocenters. The highest BCUT2D eigenvalue weighted by Crippen LogP contribution is 2.28. The number of carbonyl (C=O) groups excluding carboxylic acids is 1. The quantitative estimate of drug-likeness (QED) is 0.856. The molecule has 0 saturated carbocycles. The molecule has 1 aromatic heterocycles. The van der Waals surface area contributed by atoms with Crippen molar-refractivity contribution in [3.63, 3.8) is 0 Å². The Labute approximate surface area is 131 Å². The van der Waals surface area contributed by atoms with Crippen LogP contribution in [0.5, 0.6) is 0 Å². The van der Waals surface area contributed by atoms with Crippen LogP contribution in [0.2, 0.25) is 0 Å². The molecule has 1 fully saturated rings. The Bertz CT molecular complexity index is 482. The van der Waals surface area contributed by atoms with Gasteiger partial charge in [0.05, 0.1) is 12.2 Å². The molecule has 5 heteroatoms. The summed E-state index contributed by atoms with van der Waals surface area (Å²) in [5, 5.41) is 1.27. The van der Waals surface area contributed by atoms with E-state index in [4.69, 9.17) is 4.98 Å². The summed E-state index contributed by atoms with van der Waals surface area (Å²) >= 11 is 1.90. The van der Waals surface area contributed by atoms with E-state index in [1.165, 1.54) is 34.8 Å². The maximum absolute atomic E-state index is 12.1. The number of aryl methyl sites for hydroxylation is 2. The number of hydrogen-bond donors (Lipinski definition) is 0. The number of aromatic nitrogens is 1. The van der Waals surface area contributed by atoms with Gasteiger partial charge in [0, 0.05) is 37.5 Å². The molecule has 0 spiro atoms. The van der Waals surface area contributed by atoms with Gasteiger partial charge in [0.1, 0.15) is 5.01 Å². The lowest BCUT2D eigenvalue weighted by molar-refractivity contribution is -0.133. The smallest absolute Gasteiger partial charge is 0.222 e. The first kappa shape index (κ1) is 15.0. The third-order valence-electron chi connectivity index (χ3n) is 4.31. The topological polar surface area (TPSA) is 36.4 Å². The van der Waals surface area contributed by atoms with E-state index < -0.39 is 0 Å². The summed E-state index contributed by atoms with van der Waals surface area (Å²) in [5.74, 6) is 0.770. The van der Waals surface area contributed by atoms with Crippen molar-refractivity contribution in [2.45, 2.75) is 46.1 Å². The van der Waals surface area contributed by atoms with E-state index in [0.717, 1.165) is 32.7 Å². The predicted octanol–water partition coefficient (Wildman–Crippen LogP) is 2.32. The summed E-state index contributed by atoms with van der Waals surface area (Å²) in [7, 11) is 0. The van der Waals surface area contributed by atoms with Gasteiger partial charge in [0.2, 0.25) is 5.91 Å². The predicted molar refractivity (Wildman–Crippen MR) is 85.5 cm³/mol. The number of thiazole rings is 1. The van der Waals surface area contributed by atoms with Gasteiger partial charge < -0.3 is 4.90 Å². The fourth-order valence-electron chi connectivity index (χ4n) is 3.14. The van der Waals surface area contributed by atoms with Crippen LogP contribution in [0.15, 0.2) is 0 Å². The molecule has 0 aromatic carbocycles. The SMILES string of the molecule is CC(C)CC(=O)N1CCN(Cc2nc3c(s2)CCC3)CC1. The van der Waals surface area contributed by atoms with Gasteiger partial charge >= 0.3 is 0 Å². The summed E-state index contributed by atoms with van der Waals surface area (Å²) < 4.78 is 0. The third-order valence-corrected chi connectivity index (χ3v) is 5.45. The molecule has 3 rings (SSSR count). The van der Waals surface area contributed by atoms with Crippen LogP contribution in [0.1, 0.15) is 42.3 Å². The first-order valence-corrected chi connectivity index (χ1v) is 8.91. The molecule has 0 bridgehead atoms. The van der Waals surface area contributed by atoms with E-state index >= 15 is 0 Å². The lowest BCUT2D eigenvalue weighted by Crippen LogP contribution is -2.48. The number of amides is 1. The largest absolute Gasteiger partial charge is 0.340 e. The number of piperazine rings is 1. The average Bonchev–Trinajstić information content (AvgIpc) is 2.99. The molecule has 0 N–H and O–H groups in total. The van der Waals surface area contributed by atoms with Crippen molar-refractivity contribution in [3.05, 3.63) is 15.6 Å². The monoisotopic (exact) mass is 307 g/mol. The van der Waals surface area contributed by atoms with E-state index in [9.17, 15) is 4.79 Å². The highest BCUT2D eigenvalue weighted by molar-refractivity contribution is 7.11. The van der Waals surface area contributed by atoms with Crippen LogP contribution in [-0.2, 0) is 24.2 Å². The Morgan fingerprint density at radius 1 is 1.24 bits per heavy atom. The van der Waals surface area contributed by atoms with Crippen LogP contribution < -0.4 is 0 Å². The molecule has 1 aromatic rings. The summed E-state index contributed by atoms with van der Waals surface area (Å²) in [6.45, 7) is 8.88. The first-order chi connectivity index (χ1) is 10.1. The zero-order valence-electron chi connectivity index (χ0n) is 13.1. The molecule has 1 amide bonds. The molecule has 116 valence electrons. The molecular formula is C16H25N3OS. The highest BCUT2D eigenvalue weighted by atomic mass is 32.1. The molecule has 1 saturated heterocycles. The van der Waals surface area contributed by atoms with Gasteiger partial charge in [-0.25, -0.2) is 4.98 Å². The van der Waals surface area contributed by atoms with Crippen molar-refractivity contribution in [3.8, 4) is 0 Å². The lowest BCUT2D eigenvalue weighted by Gasteiger charge is -2.34. The normalized spacial score (nSPS) is 19.3. The molecule has 1 aliphatic heterocycles. The van der Waals surface area contributed by atoms with E-state index in [1.807, 2.05) is 16.2 Å². The Hall–Kier alpha value is -0.940. The third kappa shape index (κ3) is 3.64. The number of nitrogens with zero attached hydrogens (tertiary/aromatic N) is 3. The molecule has 2 aliphatic rings. The van der Waals surface area contributed by atoms with Crippen molar-refractivity contribution in [1.29, 1.82) is 0 Å². The molecule has 21 heavy (non-hydrogen) atoms. The Morgan fingerprint density at radius 2 is 2.00 bits per heavy atom. The van der Waals surface area contributed by atoms with Crippen molar-refractivity contribution in [2.24, 2.45) is 5.92 Å². The van der Waals surface area contributed by atoms with Gasteiger partial charge in [0.25, 0.3) is 0 Å². The van der Waals surface area contributed by atoms with Gasteiger partial charge in [-0.15, -0.1) is 11.3 Å². The van der Waals surface area contributed by atoms with Gasteiger partial charge in [-0.2, -0.15) is 0 Å². The number of hydrogen-bond acceptors (Lipinski definition) is 4. The fourth-order valence-corrected chi connectivity index (χ4v) is 4.34. The summed E-state index contributed by atoms with van der Waals surface area (Å²) in [6, 6.07) is 0. The van der Waals surface area contributed by atoms with Crippen LogP contribution in [0, 0.1) is 5.92 Å². The van der Waals surface area contributed by atoms with Gasteiger partial charge in [-0.3, -0.25) is 9.69 Å². The summed E-state index contributed by atoms with van der Waals surface area (Å²) in [4.78, 5) is 22.8. The van der Waals surface area contributed by atoms with Crippen LogP contribution in [0.3, 0.4) is 0 Å². The second-order valence-electron chi connectivity index (χ2n) is 6.59. The van der Waals surface area contributed by atoms with Crippen molar-refractivity contribution in [1.82, 2.24) is 14.8 Å². The van der Waals surface area contributed by atoms with Crippen LogP contribution in [0.25, 0.3) is 0 Å². The molecule has 0 unspecified atom stereocenters. The molecule has 1 aliphatic carbocycles. The van der Waals surface area contributed by atoms with E-state index in [-0.39, 0.29) is 0 Å². The zero-order chi connectivity index (χ0) is 14.8. The molecule has 0 radical (unpaired) electrons. The maximum Gasteiger partial charge on any atom is 0.222 e. The molecule has 2 heterocycles. The van der Waals surface area contributed by atoms with E-state index in [1.54, 1.807) is 0 Å². The zero-order valence-corrected chi connectivity index (χ0v) is 13.9. The highest BCUT2D eigenvalue weighted by Gasteiger charge is 2.23. The van der Waals surface area contributed by atoms with E-state index in [0.29, 0.717) is 18.2 Å². The minimum atomic E-state index is 0.317. The number of rotatable bonds is 4. The van der Waals surface area contributed by atoms with Crippen LogP contribution >= 0.6 is 11.3 Å². The average molecular weight is 307 g/mol. The number of fused-ring (bicyclic) bond motifs is 1. The Morgan fingerprint density at radius 3 is 2.67 bits per heavy atom. The van der Waals surface area contributed by atoms with Crippen LogP contribution in [-0.4, -0.2) is 46.9 Å². The summed E-state index contributed by atoms with van der Waals surface area (Å²) in [6.07, 6.45) is 4.36. The summed E-state index contributed by atoms with van der Waals surface area (Å²) in [5.41, 5.74) is 1.35. The van der Waals surface area contributed by atoms with Gasteiger partial charge in [0.15, 0.2) is 0 Å². The van der Waals surface area contributed by atoms with Crippen molar-refractivity contribution < 1.29 is 4.79 Å². The molecular weight excluding hydrogens is 282 g/mol. The standard InChI is InChI=1S/C16H25N3OS/c1-12(2)10-16(20)19-8-6-18(7-9-19)11-15-17-13-4-3-5-14(13)21-15/h12H,3-11H2,1-2H3. The van der Waals surface area contributed by atoms with E-state index in [2.05, 4.69) is 18.7 Å². The lowest BCUT2D eigenvalue weighted by atomic mass is 10.1. The Kier molecular flexibility index (Phi) is 4.60. The number of carbonyl (C=O) groups is 1. The van der Waals surface area contributed by atoms with Crippen LogP contribution in [0.4, 0.5) is 0 Å².